The lowest BCUT2D eigenvalue weighted by Crippen LogP contribution is -2.42. The number of rotatable bonds is 3. The number of hydrogen-bond acceptors (Lipinski definition) is 5. The molecule has 0 bridgehead atoms. The highest BCUT2D eigenvalue weighted by Crippen LogP contribution is 2.23. The van der Waals surface area contributed by atoms with Crippen LogP contribution in [0.4, 0.5) is 0 Å². The summed E-state index contributed by atoms with van der Waals surface area (Å²) in [5.74, 6) is 0.550. The van der Waals surface area contributed by atoms with E-state index >= 15 is 0 Å². The van der Waals surface area contributed by atoms with Crippen molar-refractivity contribution < 1.29 is 14.3 Å². The summed E-state index contributed by atoms with van der Waals surface area (Å²) in [7, 11) is 0. The molecule has 1 aromatic heterocycles. The molecule has 1 fully saturated rings. The van der Waals surface area contributed by atoms with E-state index in [0.29, 0.717) is 32.0 Å². The van der Waals surface area contributed by atoms with Crippen molar-refractivity contribution in [3.05, 3.63) is 54.0 Å². The molecule has 0 radical (unpaired) electrons. The number of ether oxygens (including phenoxy) is 2. The molecule has 2 aliphatic heterocycles. The Labute approximate surface area is 140 Å². The Morgan fingerprint density at radius 1 is 1.25 bits per heavy atom. The molecule has 24 heavy (non-hydrogen) atoms. The SMILES string of the molecule is O=C([C@H]1Cc2ccccc2CO1)N1CC[C@@H](Oc2cnccn2)C1. The number of carbonyl (C=O) groups is 1. The number of carbonyl (C=O) groups excluding carboxylic acids is 1. The van der Waals surface area contributed by atoms with Crippen LogP contribution in [0.1, 0.15) is 17.5 Å². The second kappa shape index (κ2) is 6.57. The summed E-state index contributed by atoms with van der Waals surface area (Å²) in [4.78, 5) is 22.7. The lowest BCUT2D eigenvalue weighted by atomic mass is 9.98. The zero-order valence-corrected chi connectivity index (χ0v) is 13.3. The fourth-order valence-corrected chi connectivity index (χ4v) is 3.25. The third-order valence-electron chi connectivity index (χ3n) is 4.52. The quantitative estimate of drug-likeness (QED) is 0.857. The molecule has 0 unspecified atom stereocenters. The van der Waals surface area contributed by atoms with Gasteiger partial charge < -0.3 is 14.4 Å². The average Bonchev–Trinajstić information content (AvgIpc) is 3.10. The van der Waals surface area contributed by atoms with Gasteiger partial charge in [0.25, 0.3) is 5.91 Å². The van der Waals surface area contributed by atoms with Gasteiger partial charge in [-0.3, -0.25) is 9.78 Å². The smallest absolute Gasteiger partial charge is 0.252 e. The normalized spacial score (nSPS) is 22.9. The molecule has 2 aromatic rings. The van der Waals surface area contributed by atoms with Gasteiger partial charge in [-0.2, -0.15) is 0 Å². The molecule has 124 valence electrons. The van der Waals surface area contributed by atoms with E-state index in [2.05, 4.69) is 22.1 Å². The van der Waals surface area contributed by atoms with Crippen molar-refractivity contribution in [1.29, 1.82) is 0 Å². The van der Waals surface area contributed by atoms with Gasteiger partial charge in [0.1, 0.15) is 12.2 Å². The molecular weight excluding hydrogens is 306 g/mol. The minimum Gasteiger partial charge on any atom is -0.471 e. The number of aromatic nitrogens is 2. The Balaban J connectivity index is 1.36. The summed E-state index contributed by atoms with van der Waals surface area (Å²) in [6, 6.07) is 8.13. The van der Waals surface area contributed by atoms with Crippen molar-refractivity contribution in [3.63, 3.8) is 0 Å². The predicted molar refractivity (Wildman–Crippen MR) is 86.4 cm³/mol. The van der Waals surface area contributed by atoms with Crippen molar-refractivity contribution in [1.82, 2.24) is 14.9 Å². The van der Waals surface area contributed by atoms with Crippen LogP contribution in [-0.4, -0.2) is 46.1 Å². The highest BCUT2D eigenvalue weighted by molar-refractivity contribution is 5.82. The molecule has 1 amide bonds. The van der Waals surface area contributed by atoms with Gasteiger partial charge in [0.05, 0.1) is 19.3 Å². The van der Waals surface area contributed by atoms with Crippen LogP contribution in [0.5, 0.6) is 5.88 Å². The summed E-state index contributed by atoms with van der Waals surface area (Å²) in [6.07, 6.45) is 5.80. The van der Waals surface area contributed by atoms with Gasteiger partial charge in [-0.05, 0) is 11.1 Å². The average molecular weight is 325 g/mol. The third-order valence-corrected chi connectivity index (χ3v) is 4.52. The van der Waals surface area contributed by atoms with Crippen molar-refractivity contribution in [2.75, 3.05) is 13.1 Å². The molecule has 4 rings (SSSR count). The maximum Gasteiger partial charge on any atom is 0.252 e. The Hall–Kier alpha value is -2.47. The van der Waals surface area contributed by atoms with Gasteiger partial charge in [0, 0.05) is 31.8 Å². The maximum atomic E-state index is 12.7. The number of hydrogen-bond donors (Lipinski definition) is 0. The van der Waals surface area contributed by atoms with Gasteiger partial charge in [-0.15, -0.1) is 0 Å². The van der Waals surface area contributed by atoms with E-state index in [0.717, 1.165) is 6.42 Å². The lowest BCUT2D eigenvalue weighted by Gasteiger charge is -2.28. The first-order valence-electron chi connectivity index (χ1n) is 8.19. The van der Waals surface area contributed by atoms with Gasteiger partial charge >= 0.3 is 0 Å². The second-order valence-corrected chi connectivity index (χ2v) is 6.13. The van der Waals surface area contributed by atoms with Crippen LogP contribution in [0.2, 0.25) is 0 Å². The standard InChI is InChI=1S/C18H19N3O3/c22-18(16-9-13-3-1-2-4-14(13)12-23-16)21-8-5-15(11-21)24-17-10-19-6-7-20-17/h1-4,6-7,10,15-16H,5,8-9,11-12H2/t15-,16-/m1/s1. The van der Waals surface area contributed by atoms with Gasteiger partial charge in [-0.25, -0.2) is 4.98 Å². The molecule has 3 heterocycles. The fourth-order valence-electron chi connectivity index (χ4n) is 3.25. The summed E-state index contributed by atoms with van der Waals surface area (Å²) in [6.45, 7) is 1.75. The van der Waals surface area contributed by atoms with Gasteiger partial charge in [-0.1, -0.05) is 24.3 Å². The highest BCUT2D eigenvalue weighted by Gasteiger charge is 2.34. The van der Waals surface area contributed by atoms with Gasteiger partial charge in [0.15, 0.2) is 0 Å². The molecule has 0 spiro atoms. The zero-order chi connectivity index (χ0) is 16.4. The third kappa shape index (κ3) is 3.10. The van der Waals surface area contributed by atoms with E-state index in [9.17, 15) is 4.79 Å². The molecule has 0 N–H and O–H groups in total. The number of likely N-dealkylation sites (tertiary alicyclic amines) is 1. The van der Waals surface area contributed by atoms with E-state index < -0.39 is 6.10 Å². The topological polar surface area (TPSA) is 64.5 Å². The highest BCUT2D eigenvalue weighted by atomic mass is 16.5. The van der Waals surface area contributed by atoms with Crippen molar-refractivity contribution in [2.45, 2.75) is 31.7 Å². The number of nitrogens with zero attached hydrogens (tertiary/aromatic N) is 3. The predicted octanol–water partition coefficient (Wildman–Crippen LogP) is 1.60. The van der Waals surface area contributed by atoms with E-state index in [1.54, 1.807) is 18.6 Å². The first kappa shape index (κ1) is 15.1. The summed E-state index contributed by atoms with van der Waals surface area (Å²) in [5.41, 5.74) is 2.38. The van der Waals surface area contributed by atoms with Crippen molar-refractivity contribution in [3.8, 4) is 5.88 Å². The van der Waals surface area contributed by atoms with E-state index in [-0.39, 0.29) is 12.0 Å². The van der Waals surface area contributed by atoms with Crippen LogP contribution in [0, 0.1) is 0 Å². The van der Waals surface area contributed by atoms with Crippen LogP contribution in [0.25, 0.3) is 0 Å². The fraction of sp³-hybridized carbons (Fsp3) is 0.389. The summed E-state index contributed by atoms with van der Waals surface area (Å²) < 4.78 is 11.6. The Morgan fingerprint density at radius 2 is 2.12 bits per heavy atom. The number of benzene rings is 1. The lowest BCUT2D eigenvalue weighted by molar-refractivity contribution is -0.144. The molecule has 1 aromatic carbocycles. The van der Waals surface area contributed by atoms with E-state index in [1.807, 2.05) is 17.0 Å². The maximum absolute atomic E-state index is 12.7. The minimum atomic E-state index is -0.393. The molecule has 6 nitrogen and oxygen atoms in total. The molecule has 0 saturated carbocycles. The van der Waals surface area contributed by atoms with Gasteiger partial charge in [0.2, 0.25) is 5.88 Å². The molecule has 2 aliphatic rings. The van der Waals surface area contributed by atoms with Crippen LogP contribution < -0.4 is 4.74 Å². The van der Waals surface area contributed by atoms with Crippen LogP contribution in [0.15, 0.2) is 42.9 Å². The summed E-state index contributed by atoms with van der Waals surface area (Å²) >= 11 is 0. The molecule has 1 saturated heterocycles. The van der Waals surface area contributed by atoms with Crippen LogP contribution >= 0.6 is 0 Å². The first-order valence-corrected chi connectivity index (χ1v) is 8.19. The summed E-state index contributed by atoms with van der Waals surface area (Å²) in [5, 5.41) is 0. The second-order valence-electron chi connectivity index (χ2n) is 6.13. The van der Waals surface area contributed by atoms with Crippen molar-refractivity contribution >= 4 is 5.91 Å². The number of fused-ring (bicyclic) bond motifs is 1. The minimum absolute atomic E-state index is 0.0403. The van der Waals surface area contributed by atoms with E-state index in [4.69, 9.17) is 9.47 Å². The Kier molecular flexibility index (Phi) is 4.13. The zero-order valence-electron chi connectivity index (χ0n) is 13.3. The van der Waals surface area contributed by atoms with Crippen LogP contribution in [-0.2, 0) is 22.6 Å². The molecule has 2 atom stereocenters. The monoisotopic (exact) mass is 325 g/mol. The number of amides is 1. The molecular formula is C18H19N3O3. The Bertz CT molecular complexity index is 722. The molecule has 0 aliphatic carbocycles. The Morgan fingerprint density at radius 3 is 2.96 bits per heavy atom. The largest absolute Gasteiger partial charge is 0.471 e. The van der Waals surface area contributed by atoms with Crippen molar-refractivity contribution in [2.24, 2.45) is 0 Å². The first-order chi connectivity index (χ1) is 11.8. The van der Waals surface area contributed by atoms with E-state index in [1.165, 1.54) is 11.1 Å². The van der Waals surface area contributed by atoms with Crippen LogP contribution in [0.3, 0.4) is 0 Å². The molecule has 6 heteroatoms.